The molecular formula is C12H14NO3. The summed E-state index contributed by atoms with van der Waals surface area (Å²) in [7, 11) is 1.65. The molecule has 1 unspecified atom stereocenters. The van der Waals surface area contributed by atoms with Crippen molar-refractivity contribution in [1.29, 1.82) is 0 Å². The van der Waals surface area contributed by atoms with Crippen molar-refractivity contribution in [3.63, 3.8) is 0 Å². The van der Waals surface area contributed by atoms with Gasteiger partial charge in [-0.1, -0.05) is 12.1 Å². The summed E-state index contributed by atoms with van der Waals surface area (Å²) in [6, 6.07) is 7.48. The highest BCUT2D eigenvalue weighted by Crippen LogP contribution is 2.32. The Kier molecular flexibility index (Phi) is 3.41. The molecule has 1 aliphatic heterocycles. The maximum Gasteiger partial charge on any atom is 0.317 e. The third-order valence-electron chi connectivity index (χ3n) is 2.59. The van der Waals surface area contributed by atoms with Gasteiger partial charge in [-0.05, 0) is 12.1 Å². The third kappa shape index (κ3) is 2.17. The first-order valence-corrected chi connectivity index (χ1v) is 5.25. The normalized spacial score (nSPS) is 18.8. The van der Waals surface area contributed by atoms with E-state index in [1.807, 2.05) is 30.7 Å². The first-order valence-electron chi connectivity index (χ1n) is 5.25. The van der Waals surface area contributed by atoms with Crippen LogP contribution in [0.25, 0.3) is 0 Å². The zero-order valence-electron chi connectivity index (χ0n) is 9.18. The van der Waals surface area contributed by atoms with E-state index in [0.717, 1.165) is 17.9 Å². The summed E-state index contributed by atoms with van der Waals surface area (Å²) in [4.78, 5) is 12.4. The predicted octanol–water partition coefficient (Wildman–Crippen LogP) is 1.36. The molecule has 4 nitrogen and oxygen atoms in total. The molecule has 1 atom stereocenters. The lowest BCUT2D eigenvalue weighted by Crippen LogP contribution is -2.39. The monoisotopic (exact) mass is 220 g/mol. The summed E-state index contributed by atoms with van der Waals surface area (Å²) in [6.07, 6.45) is 2.68. The fraction of sp³-hybridized carbons (Fsp3) is 0.417. The molecule has 4 heteroatoms. The van der Waals surface area contributed by atoms with Crippen LogP contribution in [0.2, 0.25) is 0 Å². The van der Waals surface area contributed by atoms with E-state index < -0.39 is 0 Å². The molecule has 16 heavy (non-hydrogen) atoms. The van der Waals surface area contributed by atoms with E-state index in [1.165, 1.54) is 0 Å². The number of rotatable bonds is 4. The molecule has 1 aromatic carbocycles. The van der Waals surface area contributed by atoms with Gasteiger partial charge in [-0.25, -0.2) is 0 Å². The van der Waals surface area contributed by atoms with Crippen molar-refractivity contribution < 1.29 is 14.3 Å². The first-order chi connectivity index (χ1) is 7.85. The van der Waals surface area contributed by atoms with Crippen LogP contribution < -0.4 is 9.64 Å². The minimum absolute atomic E-state index is 0.0173. The SMILES string of the molecule is COCCC1CN([C]=O)c2ccccc2O1. The van der Waals surface area contributed by atoms with Crippen LogP contribution in [0.1, 0.15) is 6.42 Å². The van der Waals surface area contributed by atoms with Crippen molar-refractivity contribution in [2.75, 3.05) is 25.2 Å². The molecular weight excluding hydrogens is 206 g/mol. The van der Waals surface area contributed by atoms with E-state index in [1.54, 1.807) is 12.0 Å². The maximum absolute atomic E-state index is 10.9. The van der Waals surface area contributed by atoms with Crippen LogP contribution >= 0.6 is 0 Å². The molecule has 0 spiro atoms. The molecule has 0 fully saturated rings. The molecule has 1 amide bonds. The van der Waals surface area contributed by atoms with Gasteiger partial charge in [0, 0.05) is 20.1 Å². The van der Waals surface area contributed by atoms with Crippen molar-refractivity contribution in [3.05, 3.63) is 24.3 Å². The van der Waals surface area contributed by atoms with E-state index in [0.29, 0.717) is 13.2 Å². The van der Waals surface area contributed by atoms with Gasteiger partial charge in [-0.2, -0.15) is 0 Å². The smallest absolute Gasteiger partial charge is 0.317 e. The van der Waals surface area contributed by atoms with Crippen LogP contribution in [0.5, 0.6) is 5.75 Å². The highest BCUT2D eigenvalue weighted by atomic mass is 16.5. The summed E-state index contributed by atoms with van der Waals surface area (Å²) in [5, 5.41) is 0. The minimum Gasteiger partial charge on any atom is -0.486 e. The zero-order valence-corrected chi connectivity index (χ0v) is 9.18. The second-order valence-electron chi connectivity index (χ2n) is 3.69. The number of hydrogen-bond donors (Lipinski definition) is 0. The number of para-hydroxylation sites is 2. The van der Waals surface area contributed by atoms with Crippen molar-refractivity contribution in [2.45, 2.75) is 12.5 Å². The summed E-state index contributed by atoms with van der Waals surface area (Å²) < 4.78 is 10.8. The lowest BCUT2D eigenvalue weighted by atomic mass is 10.1. The van der Waals surface area contributed by atoms with E-state index in [-0.39, 0.29) is 6.10 Å². The van der Waals surface area contributed by atoms with Gasteiger partial charge in [0.05, 0.1) is 12.2 Å². The van der Waals surface area contributed by atoms with E-state index in [4.69, 9.17) is 9.47 Å². The van der Waals surface area contributed by atoms with Crippen LogP contribution in [0, 0.1) is 0 Å². The lowest BCUT2D eigenvalue weighted by Gasteiger charge is -2.31. The average molecular weight is 220 g/mol. The number of nitrogens with zero attached hydrogens (tertiary/aromatic N) is 1. The second-order valence-corrected chi connectivity index (χ2v) is 3.69. The summed E-state index contributed by atoms with van der Waals surface area (Å²) in [5.74, 6) is 0.734. The van der Waals surface area contributed by atoms with E-state index in [9.17, 15) is 4.79 Å². The minimum atomic E-state index is -0.0173. The number of amides is 1. The number of ether oxygens (including phenoxy) is 2. The molecule has 1 radical (unpaired) electrons. The summed E-state index contributed by atoms with van der Waals surface area (Å²) >= 11 is 0. The Hall–Kier alpha value is -1.55. The van der Waals surface area contributed by atoms with Crippen LogP contribution in [-0.2, 0) is 9.53 Å². The molecule has 0 aliphatic carbocycles. The molecule has 0 bridgehead atoms. The molecule has 0 aromatic heterocycles. The van der Waals surface area contributed by atoms with E-state index >= 15 is 0 Å². The van der Waals surface area contributed by atoms with Crippen LogP contribution in [0.15, 0.2) is 24.3 Å². The quantitative estimate of drug-likeness (QED) is 0.769. The Morgan fingerprint density at radius 3 is 3.12 bits per heavy atom. The van der Waals surface area contributed by atoms with Gasteiger partial charge in [0.15, 0.2) is 0 Å². The van der Waals surface area contributed by atoms with Gasteiger partial charge >= 0.3 is 6.41 Å². The fourth-order valence-electron chi connectivity index (χ4n) is 1.78. The fourth-order valence-corrected chi connectivity index (χ4v) is 1.78. The number of anilines is 1. The van der Waals surface area contributed by atoms with E-state index in [2.05, 4.69) is 0 Å². The maximum atomic E-state index is 10.9. The lowest BCUT2D eigenvalue weighted by molar-refractivity contribution is 0.125. The Morgan fingerprint density at radius 2 is 2.38 bits per heavy atom. The highest BCUT2D eigenvalue weighted by Gasteiger charge is 2.25. The van der Waals surface area contributed by atoms with Gasteiger partial charge in [-0.15, -0.1) is 0 Å². The van der Waals surface area contributed by atoms with Gasteiger partial charge < -0.3 is 9.47 Å². The molecule has 1 heterocycles. The third-order valence-corrected chi connectivity index (χ3v) is 2.59. The average Bonchev–Trinajstić information content (AvgIpc) is 2.35. The number of hydrogen-bond acceptors (Lipinski definition) is 3. The Morgan fingerprint density at radius 1 is 1.56 bits per heavy atom. The zero-order chi connectivity index (χ0) is 11.4. The van der Waals surface area contributed by atoms with Crippen molar-refractivity contribution in [1.82, 2.24) is 0 Å². The molecule has 0 saturated carbocycles. The topological polar surface area (TPSA) is 38.8 Å². The molecule has 0 saturated heterocycles. The highest BCUT2D eigenvalue weighted by molar-refractivity contribution is 5.80. The number of fused-ring (bicyclic) bond motifs is 1. The van der Waals surface area contributed by atoms with Gasteiger partial charge in [0.1, 0.15) is 11.9 Å². The number of methoxy groups -OCH3 is 1. The van der Waals surface area contributed by atoms with Gasteiger partial charge in [0.2, 0.25) is 0 Å². The van der Waals surface area contributed by atoms with Crippen molar-refractivity contribution in [2.24, 2.45) is 0 Å². The standard InChI is InChI=1S/C12H14NO3/c1-15-7-6-10-8-13(9-14)11-4-2-3-5-12(11)16-10/h2-5,10H,6-8H2,1H3. The largest absolute Gasteiger partial charge is 0.486 e. The Labute approximate surface area is 94.8 Å². The van der Waals surface area contributed by atoms with Crippen LogP contribution in [-0.4, -0.2) is 32.8 Å². The Bertz CT molecular complexity index is 367. The van der Waals surface area contributed by atoms with Gasteiger partial charge in [-0.3, -0.25) is 9.69 Å². The van der Waals surface area contributed by atoms with Crippen LogP contribution in [0.3, 0.4) is 0 Å². The van der Waals surface area contributed by atoms with Gasteiger partial charge in [0.25, 0.3) is 0 Å². The molecule has 2 rings (SSSR count). The second kappa shape index (κ2) is 4.99. The Balaban J connectivity index is 2.15. The summed E-state index contributed by atoms with van der Waals surface area (Å²) in [5.41, 5.74) is 0.783. The van der Waals surface area contributed by atoms with Crippen molar-refractivity contribution in [3.8, 4) is 5.75 Å². The first kappa shape index (κ1) is 11.0. The molecule has 0 N–H and O–H groups in total. The molecule has 85 valence electrons. The predicted molar refractivity (Wildman–Crippen MR) is 60.4 cm³/mol. The number of carbonyl (C=O) groups excluding carboxylic acids is 1. The van der Waals surface area contributed by atoms with Crippen molar-refractivity contribution >= 4 is 12.1 Å². The molecule has 1 aromatic rings. The summed E-state index contributed by atoms with van der Waals surface area (Å²) in [6.45, 7) is 1.16. The molecule has 1 aliphatic rings. The van der Waals surface area contributed by atoms with Crippen LogP contribution in [0.4, 0.5) is 5.69 Å². The number of benzene rings is 1.